The van der Waals surface area contributed by atoms with Gasteiger partial charge in [-0.05, 0) is 25.0 Å². The molecule has 0 radical (unpaired) electrons. The van der Waals surface area contributed by atoms with Gasteiger partial charge in [-0.25, -0.2) is 0 Å². The third-order valence-electron chi connectivity index (χ3n) is 3.81. The van der Waals surface area contributed by atoms with Crippen LogP contribution in [-0.2, 0) is 16.0 Å². The van der Waals surface area contributed by atoms with Gasteiger partial charge in [0.2, 0.25) is 5.91 Å². The highest BCUT2D eigenvalue weighted by Crippen LogP contribution is 2.28. The summed E-state index contributed by atoms with van der Waals surface area (Å²) < 4.78 is 5.20. The number of methoxy groups -OCH3 is 1. The van der Waals surface area contributed by atoms with Crippen molar-refractivity contribution in [2.75, 3.05) is 7.11 Å². The lowest BCUT2D eigenvalue weighted by atomic mass is 10.0. The van der Waals surface area contributed by atoms with Crippen LogP contribution in [0.1, 0.15) is 24.8 Å². The summed E-state index contributed by atoms with van der Waals surface area (Å²) in [7, 11) is 1.52. The molecule has 0 spiro atoms. The number of carbonyl (C=O) groups is 2. The van der Waals surface area contributed by atoms with E-state index in [0.29, 0.717) is 29.2 Å². The fraction of sp³-hybridized carbons (Fsp3) is 0.467. The average Bonchev–Trinajstić information content (AvgIpc) is 2.89. The van der Waals surface area contributed by atoms with E-state index in [-0.39, 0.29) is 18.4 Å². The molecule has 1 aliphatic rings. The van der Waals surface area contributed by atoms with Crippen LogP contribution in [0.3, 0.4) is 0 Å². The minimum absolute atomic E-state index is 0.0751. The Bertz CT molecular complexity index is 546. The SMILES string of the molecule is COc1cccc(Cl)c1CC(=O)N[C@@H]1CCC[C@@H]1C(=O)O. The Morgan fingerprint density at radius 2 is 2.19 bits per heavy atom. The lowest BCUT2D eigenvalue weighted by Gasteiger charge is -2.18. The maximum absolute atomic E-state index is 12.1. The second kappa shape index (κ2) is 6.80. The van der Waals surface area contributed by atoms with Crippen molar-refractivity contribution in [2.24, 2.45) is 5.92 Å². The average molecular weight is 312 g/mol. The topological polar surface area (TPSA) is 75.6 Å². The van der Waals surface area contributed by atoms with E-state index in [1.807, 2.05) is 0 Å². The summed E-state index contributed by atoms with van der Waals surface area (Å²) >= 11 is 6.09. The number of hydrogen-bond acceptors (Lipinski definition) is 3. The molecule has 6 heteroatoms. The number of benzene rings is 1. The van der Waals surface area contributed by atoms with Gasteiger partial charge in [-0.1, -0.05) is 24.1 Å². The van der Waals surface area contributed by atoms with Gasteiger partial charge in [0.1, 0.15) is 5.75 Å². The molecular weight excluding hydrogens is 294 g/mol. The summed E-state index contributed by atoms with van der Waals surface area (Å²) in [5.41, 5.74) is 0.615. The van der Waals surface area contributed by atoms with Crippen molar-refractivity contribution < 1.29 is 19.4 Å². The standard InChI is InChI=1S/C15H18ClNO4/c1-21-13-7-3-5-11(16)10(13)8-14(18)17-12-6-2-4-9(12)15(19)20/h3,5,7,9,12H,2,4,6,8H2,1H3,(H,17,18)(H,19,20)/t9-,12+/m0/s1. The van der Waals surface area contributed by atoms with Crippen LogP contribution in [0.4, 0.5) is 0 Å². The van der Waals surface area contributed by atoms with Gasteiger partial charge in [0.25, 0.3) is 0 Å². The first-order valence-electron chi connectivity index (χ1n) is 6.86. The zero-order chi connectivity index (χ0) is 15.4. The highest BCUT2D eigenvalue weighted by atomic mass is 35.5. The minimum atomic E-state index is -0.854. The molecule has 0 aliphatic heterocycles. The molecule has 5 nitrogen and oxygen atoms in total. The Morgan fingerprint density at radius 3 is 2.86 bits per heavy atom. The van der Waals surface area contributed by atoms with Crippen LogP contribution in [0.5, 0.6) is 5.75 Å². The van der Waals surface area contributed by atoms with Gasteiger partial charge in [0.15, 0.2) is 0 Å². The van der Waals surface area contributed by atoms with Crippen molar-refractivity contribution >= 4 is 23.5 Å². The number of amides is 1. The largest absolute Gasteiger partial charge is 0.496 e. The van der Waals surface area contributed by atoms with E-state index < -0.39 is 11.9 Å². The minimum Gasteiger partial charge on any atom is -0.496 e. The van der Waals surface area contributed by atoms with Gasteiger partial charge in [0.05, 0.1) is 19.4 Å². The second-order valence-electron chi connectivity index (χ2n) is 5.15. The quantitative estimate of drug-likeness (QED) is 0.874. The fourth-order valence-electron chi connectivity index (χ4n) is 2.75. The summed E-state index contributed by atoms with van der Waals surface area (Å²) in [6.45, 7) is 0. The van der Waals surface area contributed by atoms with Crippen LogP contribution in [0.15, 0.2) is 18.2 Å². The third kappa shape index (κ3) is 3.67. The number of ether oxygens (including phenoxy) is 1. The number of rotatable bonds is 5. The molecule has 0 saturated heterocycles. The van der Waals surface area contributed by atoms with Crippen LogP contribution >= 0.6 is 11.6 Å². The van der Waals surface area contributed by atoms with Crippen LogP contribution in [0.2, 0.25) is 5.02 Å². The van der Waals surface area contributed by atoms with Gasteiger partial charge in [-0.3, -0.25) is 9.59 Å². The molecule has 114 valence electrons. The van der Waals surface area contributed by atoms with Crippen LogP contribution in [-0.4, -0.2) is 30.1 Å². The predicted molar refractivity (Wildman–Crippen MR) is 78.6 cm³/mol. The van der Waals surface area contributed by atoms with E-state index in [2.05, 4.69) is 5.32 Å². The first-order valence-corrected chi connectivity index (χ1v) is 7.24. The molecule has 0 aromatic heterocycles. The van der Waals surface area contributed by atoms with Crippen LogP contribution < -0.4 is 10.1 Å². The highest BCUT2D eigenvalue weighted by molar-refractivity contribution is 6.31. The van der Waals surface area contributed by atoms with Crippen molar-refractivity contribution in [1.82, 2.24) is 5.32 Å². The van der Waals surface area contributed by atoms with Crippen LogP contribution in [0, 0.1) is 5.92 Å². The molecule has 0 heterocycles. The zero-order valence-corrected chi connectivity index (χ0v) is 12.5. The monoisotopic (exact) mass is 311 g/mol. The van der Waals surface area contributed by atoms with Crippen molar-refractivity contribution in [3.8, 4) is 5.75 Å². The first kappa shape index (κ1) is 15.6. The number of carboxylic acid groups (broad SMARTS) is 1. The number of carbonyl (C=O) groups excluding carboxylic acids is 1. The molecule has 2 N–H and O–H groups in total. The first-order chi connectivity index (χ1) is 10.0. The van der Waals surface area contributed by atoms with Crippen molar-refractivity contribution in [3.05, 3.63) is 28.8 Å². The van der Waals surface area contributed by atoms with E-state index in [9.17, 15) is 9.59 Å². The van der Waals surface area contributed by atoms with E-state index in [0.717, 1.165) is 6.42 Å². The Balaban J connectivity index is 2.04. The zero-order valence-electron chi connectivity index (χ0n) is 11.8. The highest BCUT2D eigenvalue weighted by Gasteiger charge is 2.33. The summed E-state index contributed by atoms with van der Waals surface area (Å²) in [5, 5.41) is 12.4. The van der Waals surface area contributed by atoms with Crippen LogP contribution in [0.25, 0.3) is 0 Å². The Labute approximate surface area is 128 Å². The van der Waals surface area contributed by atoms with Gasteiger partial charge >= 0.3 is 5.97 Å². The molecule has 1 saturated carbocycles. The summed E-state index contributed by atoms with van der Waals surface area (Å²) in [6.07, 6.45) is 2.20. The lowest BCUT2D eigenvalue weighted by molar-refractivity contribution is -0.142. The number of aliphatic carboxylic acids is 1. The van der Waals surface area contributed by atoms with E-state index in [4.69, 9.17) is 21.4 Å². The lowest BCUT2D eigenvalue weighted by Crippen LogP contribution is -2.40. The molecular formula is C15H18ClNO4. The Hall–Kier alpha value is -1.75. The molecule has 0 unspecified atom stereocenters. The van der Waals surface area contributed by atoms with Crippen molar-refractivity contribution in [3.63, 3.8) is 0 Å². The molecule has 2 atom stereocenters. The molecule has 21 heavy (non-hydrogen) atoms. The number of halogens is 1. The van der Waals surface area contributed by atoms with Gasteiger partial charge < -0.3 is 15.2 Å². The third-order valence-corrected chi connectivity index (χ3v) is 4.17. The molecule has 1 aromatic rings. The molecule has 1 aromatic carbocycles. The van der Waals surface area contributed by atoms with Crippen molar-refractivity contribution in [2.45, 2.75) is 31.7 Å². The molecule has 2 rings (SSSR count). The Morgan fingerprint density at radius 1 is 1.43 bits per heavy atom. The van der Waals surface area contributed by atoms with E-state index in [1.54, 1.807) is 18.2 Å². The summed E-state index contributed by atoms with van der Waals surface area (Å²) in [6, 6.07) is 4.88. The Kier molecular flexibility index (Phi) is 5.07. The van der Waals surface area contributed by atoms with E-state index in [1.165, 1.54) is 7.11 Å². The maximum Gasteiger partial charge on any atom is 0.308 e. The molecule has 0 bridgehead atoms. The smallest absolute Gasteiger partial charge is 0.308 e. The molecule has 1 fully saturated rings. The number of nitrogens with one attached hydrogen (secondary N) is 1. The number of carboxylic acids is 1. The fourth-order valence-corrected chi connectivity index (χ4v) is 2.98. The number of hydrogen-bond donors (Lipinski definition) is 2. The van der Waals surface area contributed by atoms with E-state index >= 15 is 0 Å². The van der Waals surface area contributed by atoms with Crippen molar-refractivity contribution in [1.29, 1.82) is 0 Å². The van der Waals surface area contributed by atoms with Gasteiger partial charge in [-0.15, -0.1) is 0 Å². The maximum atomic E-state index is 12.1. The molecule has 1 aliphatic carbocycles. The van der Waals surface area contributed by atoms with Gasteiger partial charge in [0, 0.05) is 16.6 Å². The normalized spacial score (nSPS) is 21.0. The second-order valence-corrected chi connectivity index (χ2v) is 5.55. The van der Waals surface area contributed by atoms with Gasteiger partial charge in [-0.2, -0.15) is 0 Å². The molecule has 1 amide bonds. The summed E-state index contributed by atoms with van der Waals surface area (Å²) in [4.78, 5) is 23.3. The summed E-state index contributed by atoms with van der Waals surface area (Å²) in [5.74, 6) is -1.03. The predicted octanol–water partition coefficient (Wildman–Crippen LogP) is 2.26.